The molecule has 0 radical (unpaired) electrons. The average Bonchev–Trinajstić information content (AvgIpc) is 2.86. The lowest BCUT2D eigenvalue weighted by molar-refractivity contribution is -0.148. The summed E-state index contributed by atoms with van der Waals surface area (Å²) >= 11 is 0. The van der Waals surface area contributed by atoms with Gasteiger partial charge in [0.15, 0.2) is 0 Å². The zero-order chi connectivity index (χ0) is 25.2. The van der Waals surface area contributed by atoms with Crippen LogP contribution in [-0.2, 0) is 25.6 Å². The van der Waals surface area contributed by atoms with E-state index in [1.165, 1.54) is 96.3 Å². The molecule has 1 atom stereocenters. The monoisotopic (exact) mass is 492 g/mol. The molecule has 0 bridgehead atoms. The lowest BCUT2D eigenvalue weighted by Gasteiger charge is -2.17. The molecule has 35 heavy (non-hydrogen) atoms. The fraction of sp³-hybridized carbons (Fsp3) is 0.767. The summed E-state index contributed by atoms with van der Waals surface area (Å²) in [6.07, 6.45) is 21.3. The summed E-state index contributed by atoms with van der Waals surface area (Å²) in [6.45, 7) is 3.79. The van der Waals surface area contributed by atoms with E-state index >= 15 is 0 Å². The SMILES string of the molecule is CCCCCCCCCCCCCCCCCCOCC(COCc1ccccc1)OCC(=O)O. The Bertz CT molecular complexity index is 577. The van der Waals surface area contributed by atoms with Gasteiger partial charge < -0.3 is 19.3 Å². The number of ether oxygens (including phenoxy) is 3. The summed E-state index contributed by atoms with van der Waals surface area (Å²) < 4.78 is 16.9. The Labute approximate surface area is 214 Å². The molecule has 5 heteroatoms. The standard InChI is InChI=1S/C30H52O5/c1-2-3-4-5-6-7-8-9-10-11-12-13-14-15-16-20-23-33-25-29(35-27-30(31)32)26-34-24-28-21-18-17-19-22-28/h17-19,21-22,29H,2-16,20,23-27H2,1H3,(H,31,32). The van der Waals surface area contributed by atoms with Gasteiger partial charge in [0.2, 0.25) is 0 Å². The molecule has 1 rings (SSSR count). The molecule has 0 amide bonds. The van der Waals surface area contributed by atoms with Crippen LogP contribution in [0.1, 0.15) is 115 Å². The highest BCUT2D eigenvalue weighted by Gasteiger charge is 2.12. The molecule has 0 aliphatic heterocycles. The Balaban J connectivity index is 1.91. The minimum atomic E-state index is -0.976. The van der Waals surface area contributed by atoms with E-state index in [-0.39, 0.29) is 12.7 Å². The van der Waals surface area contributed by atoms with Gasteiger partial charge in [0.05, 0.1) is 19.8 Å². The second-order valence-corrected chi connectivity index (χ2v) is 9.71. The van der Waals surface area contributed by atoms with Crippen LogP contribution >= 0.6 is 0 Å². The van der Waals surface area contributed by atoms with Crippen LogP contribution in [0, 0.1) is 0 Å². The molecule has 1 N–H and O–H groups in total. The summed E-state index contributed by atoms with van der Waals surface area (Å²) in [7, 11) is 0. The van der Waals surface area contributed by atoms with Gasteiger partial charge in [0.1, 0.15) is 12.7 Å². The molecule has 0 saturated heterocycles. The fourth-order valence-electron chi connectivity index (χ4n) is 4.18. The van der Waals surface area contributed by atoms with Crippen LogP contribution in [0.4, 0.5) is 0 Å². The molecule has 0 heterocycles. The van der Waals surface area contributed by atoms with Crippen LogP contribution < -0.4 is 0 Å². The smallest absolute Gasteiger partial charge is 0.329 e. The van der Waals surface area contributed by atoms with Crippen molar-refractivity contribution in [3.63, 3.8) is 0 Å². The quantitative estimate of drug-likeness (QED) is 0.133. The number of carboxylic acids is 1. The Morgan fingerprint density at radius 2 is 1.20 bits per heavy atom. The number of hydrogen-bond acceptors (Lipinski definition) is 4. The lowest BCUT2D eigenvalue weighted by atomic mass is 10.0. The van der Waals surface area contributed by atoms with E-state index in [9.17, 15) is 4.79 Å². The van der Waals surface area contributed by atoms with E-state index in [1.54, 1.807) is 0 Å². The van der Waals surface area contributed by atoms with Crippen LogP contribution in [-0.4, -0.2) is 43.6 Å². The topological polar surface area (TPSA) is 65.0 Å². The summed E-state index contributed by atoms with van der Waals surface area (Å²) in [5.41, 5.74) is 1.08. The number of benzene rings is 1. The van der Waals surface area contributed by atoms with Gasteiger partial charge in [0.25, 0.3) is 0 Å². The number of rotatable bonds is 26. The first-order valence-corrected chi connectivity index (χ1v) is 14.2. The predicted octanol–water partition coefficient (Wildman–Crippen LogP) is 7.95. The largest absolute Gasteiger partial charge is 0.480 e. The molecule has 0 aliphatic carbocycles. The number of carboxylic acid groups (broad SMARTS) is 1. The number of aliphatic carboxylic acids is 1. The van der Waals surface area contributed by atoms with E-state index in [4.69, 9.17) is 19.3 Å². The van der Waals surface area contributed by atoms with Crippen molar-refractivity contribution in [2.75, 3.05) is 26.4 Å². The first-order valence-electron chi connectivity index (χ1n) is 14.2. The first kappa shape index (κ1) is 31.6. The number of unbranched alkanes of at least 4 members (excludes halogenated alkanes) is 15. The van der Waals surface area contributed by atoms with Gasteiger partial charge in [-0.3, -0.25) is 0 Å². The average molecular weight is 493 g/mol. The van der Waals surface area contributed by atoms with E-state index in [0.29, 0.717) is 26.4 Å². The van der Waals surface area contributed by atoms with Gasteiger partial charge in [-0.25, -0.2) is 4.79 Å². The molecule has 0 saturated carbocycles. The molecule has 1 aromatic rings. The van der Waals surface area contributed by atoms with Crippen LogP contribution in [0.15, 0.2) is 30.3 Å². The Morgan fingerprint density at radius 3 is 1.71 bits per heavy atom. The van der Waals surface area contributed by atoms with Gasteiger partial charge in [0, 0.05) is 6.61 Å². The summed E-state index contributed by atoms with van der Waals surface area (Å²) in [5.74, 6) is -0.976. The van der Waals surface area contributed by atoms with Gasteiger partial charge in [-0.05, 0) is 12.0 Å². The normalized spacial score (nSPS) is 12.1. The number of carbonyl (C=O) groups is 1. The molecule has 5 nitrogen and oxygen atoms in total. The van der Waals surface area contributed by atoms with Crippen molar-refractivity contribution in [3.8, 4) is 0 Å². The van der Waals surface area contributed by atoms with Crippen LogP contribution in [0.2, 0.25) is 0 Å². The lowest BCUT2D eigenvalue weighted by Crippen LogP contribution is -2.28. The van der Waals surface area contributed by atoms with Gasteiger partial charge in [-0.2, -0.15) is 0 Å². The third-order valence-electron chi connectivity index (χ3n) is 6.30. The molecule has 0 aromatic heterocycles. The second kappa shape index (κ2) is 24.3. The van der Waals surface area contributed by atoms with Crippen molar-refractivity contribution in [2.45, 2.75) is 122 Å². The molecule has 202 valence electrons. The maximum atomic E-state index is 10.8. The predicted molar refractivity (Wildman–Crippen MR) is 144 cm³/mol. The zero-order valence-corrected chi connectivity index (χ0v) is 22.4. The Morgan fingerprint density at radius 1 is 0.714 bits per heavy atom. The van der Waals surface area contributed by atoms with Crippen molar-refractivity contribution in [1.29, 1.82) is 0 Å². The molecule has 0 aliphatic rings. The molecule has 0 spiro atoms. The van der Waals surface area contributed by atoms with Crippen molar-refractivity contribution in [2.24, 2.45) is 0 Å². The fourth-order valence-corrected chi connectivity index (χ4v) is 4.18. The van der Waals surface area contributed by atoms with Gasteiger partial charge in [-0.1, -0.05) is 134 Å². The molecule has 0 fully saturated rings. The van der Waals surface area contributed by atoms with Crippen molar-refractivity contribution >= 4 is 5.97 Å². The van der Waals surface area contributed by atoms with Crippen molar-refractivity contribution in [3.05, 3.63) is 35.9 Å². The van der Waals surface area contributed by atoms with Crippen LogP contribution in [0.5, 0.6) is 0 Å². The minimum Gasteiger partial charge on any atom is -0.480 e. The highest BCUT2D eigenvalue weighted by atomic mass is 16.6. The van der Waals surface area contributed by atoms with E-state index in [1.807, 2.05) is 30.3 Å². The maximum absolute atomic E-state index is 10.8. The molecule has 1 aromatic carbocycles. The Hall–Kier alpha value is -1.43. The van der Waals surface area contributed by atoms with Gasteiger partial charge in [-0.15, -0.1) is 0 Å². The highest BCUT2D eigenvalue weighted by molar-refractivity contribution is 5.68. The van der Waals surface area contributed by atoms with Crippen molar-refractivity contribution < 1.29 is 24.1 Å². The second-order valence-electron chi connectivity index (χ2n) is 9.71. The summed E-state index contributed by atoms with van der Waals surface area (Å²) in [4.78, 5) is 10.8. The maximum Gasteiger partial charge on any atom is 0.329 e. The van der Waals surface area contributed by atoms with Gasteiger partial charge >= 0.3 is 5.97 Å². The zero-order valence-electron chi connectivity index (χ0n) is 22.4. The summed E-state index contributed by atoms with van der Waals surface area (Å²) in [5, 5.41) is 8.89. The van der Waals surface area contributed by atoms with E-state index in [2.05, 4.69) is 6.92 Å². The molecular formula is C30H52O5. The first-order chi connectivity index (χ1) is 17.2. The van der Waals surface area contributed by atoms with E-state index in [0.717, 1.165) is 12.0 Å². The van der Waals surface area contributed by atoms with Crippen LogP contribution in [0.25, 0.3) is 0 Å². The molecule has 1 unspecified atom stereocenters. The number of hydrogen-bond donors (Lipinski definition) is 1. The third kappa shape index (κ3) is 21.6. The highest BCUT2D eigenvalue weighted by Crippen LogP contribution is 2.14. The summed E-state index contributed by atoms with van der Waals surface area (Å²) in [6, 6.07) is 9.91. The van der Waals surface area contributed by atoms with E-state index < -0.39 is 5.97 Å². The molecular weight excluding hydrogens is 440 g/mol. The van der Waals surface area contributed by atoms with Crippen molar-refractivity contribution in [1.82, 2.24) is 0 Å². The Kier molecular flexibility index (Phi) is 21.9. The third-order valence-corrected chi connectivity index (χ3v) is 6.30. The minimum absolute atomic E-state index is 0.321. The van der Waals surface area contributed by atoms with Crippen LogP contribution in [0.3, 0.4) is 0 Å².